The number of nitrogens with one attached hydrogen (secondary N) is 1. The molecule has 1 amide bonds. The molecule has 1 aromatic carbocycles. The highest BCUT2D eigenvalue weighted by molar-refractivity contribution is 6.19. The molecule has 0 fully saturated rings. The monoisotopic (exact) mass is 320 g/mol. The van der Waals surface area contributed by atoms with Crippen LogP contribution in [0.15, 0.2) is 12.1 Å². The number of hydrogen-bond acceptors (Lipinski definition) is 3. The maximum atomic E-state index is 13.3. The molecule has 0 aliphatic carbocycles. The van der Waals surface area contributed by atoms with E-state index in [0.29, 0.717) is 25.0 Å². The first-order valence-corrected chi connectivity index (χ1v) is 6.85. The third-order valence-electron chi connectivity index (χ3n) is 3.47. The fourth-order valence-corrected chi connectivity index (χ4v) is 2.27. The molecule has 0 aliphatic heterocycles. The Morgan fingerprint density at radius 2 is 1.86 bits per heavy atom. The third kappa shape index (κ3) is 3.66. The molecule has 0 unspecified atom stereocenters. The number of nitro benzene ring substituents is 1. The van der Waals surface area contributed by atoms with E-state index in [9.17, 15) is 23.7 Å². The van der Waals surface area contributed by atoms with Crippen molar-refractivity contribution in [1.82, 2.24) is 5.32 Å². The van der Waals surface area contributed by atoms with Gasteiger partial charge in [0, 0.05) is 5.88 Å². The van der Waals surface area contributed by atoms with E-state index in [2.05, 4.69) is 5.32 Å². The summed E-state index contributed by atoms with van der Waals surface area (Å²) in [6, 6.07) is 0.914. The van der Waals surface area contributed by atoms with Gasteiger partial charge in [-0.1, -0.05) is 13.8 Å². The molecule has 0 saturated carbocycles. The van der Waals surface area contributed by atoms with Gasteiger partial charge in [0.25, 0.3) is 11.6 Å². The minimum absolute atomic E-state index is 0.100. The van der Waals surface area contributed by atoms with Gasteiger partial charge in [-0.25, -0.2) is 8.78 Å². The van der Waals surface area contributed by atoms with Gasteiger partial charge in [-0.3, -0.25) is 14.9 Å². The number of nitrogens with zero attached hydrogens (tertiary/aromatic N) is 1. The van der Waals surface area contributed by atoms with Gasteiger partial charge in [0.05, 0.1) is 16.5 Å². The average Bonchev–Trinajstić information content (AvgIpc) is 2.46. The zero-order valence-electron chi connectivity index (χ0n) is 11.6. The van der Waals surface area contributed by atoms with Crippen LogP contribution < -0.4 is 5.32 Å². The van der Waals surface area contributed by atoms with Crippen molar-refractivity contribution in [2.24, 2.45) is 0 Å². The molecule has 0 aromatic heterocycles. The van der Waals surface area contributed by atoms with Crippen molar-refractivity contribution < 1.29 is 18.5 Å². The second-order valence-corrected chi connectivity index (χ2v) is 4.88. The molecule has 0 aliphatic rings. The van der Waals surface area contributed by atoms with Crippen LogP contribution >= 0.6 is 11.6 Å². The predicted molar refractivity (Wildman–Crippen MR) is 74.5 cm³/mol. The standard InChI is InChI=1S/C13H15ClF2N2O3/c1-3-13(4-2,7-14)17-12(19)8-5-9(15)10(16)6-11(8)18(20)21/h5-6H,3-4,7H2,1-2H3,(H,17,19). The number of carbonyl (C=O) groups excluding carboxylic acids is 1. The Kier molecular flexibility index (Phi) is 5.60. The predicted octanol–water partition coefficient (Wildman–Crippen LogP) is 3.40. The number of nitro groups is 1. The quantitative estimate of drug-likeness (QED) is 0.496. The van der Waals surface area contributed by atoms with Crippen LogP contribution in [0.5, 0.6) is 0 Å². The summed E-state index contributed by atoms with van der Waals surface area (Å²) in [5, 5.41) is 13.4. The van der Waals surface area contributed by atoms with Crippen molar-refractivity contribution in [2.45, 2.75) is 32.2 Å². The zero-order valence-corrected chi connectivity index (χ0v) is 12.3. The van der Waals surface area contributed by atoms with E-state index in [0.717, 1.165) is 0 Å². The lowest BCUT2D eigenvalue weighted by Crippen LogP contribution is -2.49. The van der Waals surface area contributed by atoms with Crippen LogP contribution in [0.3, 0.4) is 0 Å². The number of benzene rings is 1. The Hall–Kier alpha value is -1.76. The molecule has 5 nitrogen and oxygen atoms in total. The highest BCUT2D eigenvalue weighted by Gasteiger charge is 2.31. The minimum Gasteiger partial charge on any atom is -0.345 e. The first-order valence-electron chi connectivity index (χ1n) is 6.32. The number of amides is 1. The fraction of sp³-hybridized carbons (Fsp3) is 0.462. The molecule has 0 bridgehead atoms. The van der Waals surface area contributed by atoms with E-state index in [1.54, 1.807) is 13.8 Å². The summed E-state index contributed by atoms with van der Waals surface area (Å²) in [5.41, 5.74) is -2.07. The Bertz CT molecular complexity index is 554. The van der Waals surface area contributed by atoms with Crippen molar-refractivity contribution in [3.63, 3.8) is 0 Å². The molecule has 0 saturated heterocycles. The van der Waals surface area contributed by atoms with Crippen molar-refractivity contribution in [3.05, 3.63) is 39.4 Å². The largest absolute Gasteiger partial charge is 0.345 e. The molecule has 116 valence electrons. The van der Waals surface area contributed by atoms with Crippen LogP contribution in [0.2, 0.25) is 0 Å². The fourth-order valence-electron chi connectivity index (χ4n) is 1.83. The van der Waals surface area contributed by atoms with Gasteiger partial charge in [0.1, 0.15) is 5.56 Å². The van der Waals surface area contributed by atoms with Gasteiger partial charge in [0.15, 0.2) is 11.6 Å². The molecule has 0 radical (unpaired) electrons. The van der Waals surface area contributed by atoms with Crippen molar-refractivity contribution >= 4 is 23.2 Å². The maximum absolute atomic E-state index is 13.3. The van der Waals surface area contributed by atoms with Crippen LogP contribution in [0.1, 0.15) is 37.0 Å². The number of hydrogen-bond donors (Lipinski definition) is 1. The lowest BCUT2D eigenvalue weighted by Gasteiger charge is -2.30. The maximum Gasteiger partial charge on any atom is 0.285 e. The second-order valence-electron chi connectivity index (χ2n) is 4.62. The molecule has 21 heavy (non-hydrogen) atoms. The summed E-state index contributed by atoms with van der Waals surface area (Å²) >= 11 is 5.83. The second kappa shape index (κ2) is 6.80. The van der Waals surface area contributed by atoms with Gasteiger partial charge in [-0.2, -0.15) is 0 Å². The average molecular weight is 321 g/mol. The van der Waals surface area contributed by atoms with Gasteiger partial charge >= 0.3 is 0 Å². The first-order chi connectivity index (χ1) is 9.80. The Morgan fingerprint density at radius 3 is 2.29 bits per heavy atom. The number of halogens is 3. The SMILES string of the molecule is CCC(CC)(CCl)NC(=O)c1cc(F)c(F)cc1[N+](=O)[O-]. The zero-order chi connectivity index (χ0) is 16.2. The van der Waals surface area contributed by atoms with E-state index in [1.165, 1.54) is 0 Å². The normalized spacial score (nSPS) is 11.3. The summed E-state index contributed by atoms with van der Waals surface area (Å²) in [6.07, 6.45) is 0.992. The summed E-state index contributed by atoms with van der Waals surface area (Å²) in [7, 11) is 0. The highest BCUT2D eigenvalue weighted by atomic mass is 35.5. The topological polar surface area (TPSA) is 72.2 Å². The minimum atomic E-state index is -1.38. The van der Waals surface area contributed by atoms with Gasteiger partial charge in [-0.05, 0) is 18.9 Å². The summed E-state index contributed by atoms with van der Waals surface area (Å²) in [4.78, 5) is 22.1. The Labute approximate surface area is 125 Å². The van der Waals surface area contributed by atoms with Gasteiger partial charge in [0.2, 0.25) is 0 Å². The van der Waals surface area contributed by atoms with Crippen LogP contribution in [0.4, 0.5) is 14.5 Å². The van der Waals surface area contributed by atoms with E-state index in [1.807, 2.05) is 0 Å². The third-order valence-corrected chi connectivity index (χ3v) is 3.98. The lowest BCUT2D eigenvalue weighted by molar-refractivity contribution is -0.385. The number of carbonyl (C=O) groups is 1. The molecule has 8 heteroatoms. The number of rotatable bonds is 6. The van der Waals surface area contributed by atoms with Crippen LogP contribution in [0.25, 0.3) is 0 Å². The molecule has 0 heterocycles. The highest BCUT2D eigenvalue weighted by Crippen LogP contribution is 2.24. The summed E-state index contributed by atoms with van der Waals surface area (Å²) in [6.45, 7) is 3.59. The molecule has 1 N–H and O–H groups in total. The van der Waals surface area contributed by atoms with E-state index in [-0.39, 0.29) is 5.88 Å². The van der Waals surface area contributed by atoms with Crippen LogP contribution in [-0.2, 0) is 0 Å². The molecule has 0 atom stereocenters. The number of alkyl halides is 1. The molecule has 1 aromatic rings. The summed E-state index contributed by atoms with van der Waals surface area (Å²) < 4.78 is 26.3. The van der Waals surface area contributed by atoms with E-state index in [4.69, 9.17) is 11.6 Å². The molecular formula is C13H15ClF2N2O3. The Morgan fingerprint density at radius 1 is 1.33 bits per heavy atom. The first kappa shape index (κ1) is 17.3. The molecule has 1 rings (SSSR count). The van der Waals surface area contributed by atoms with Gasteiger partial charge in [-0.15, -0.1) is 11.6 Å². The summed E-state index contributed by atoms with van der Waals surface area (Å²) in [5.74, 6) is -3.46. The van der Waals surface area contributed by atoms with Crippen molar-refractivity contribution in [2.75, 3.05) is 5.88 Å². The van der Waals surface area contributed by atoms with Crippen molar-refractivity contribution in [3.8, 4) is 0 Å². The van der Waals surface area contributed by atoms with Crippen molar-refractivity contribution in [1.29, 1.82) is 0 Å². The van der Waals surface area contributed by atoms with Gasteiger partial charge < -0.3 is 5.32 Å². The molecular weight excluding hydrogens is 306 g/mol. The Balaban J connectivity index is 3.24. The van der Waals surface area contributed by atoms with Crippen LogP contribution in [-0.4, -0.2) is 22.2 Å². The lowest BCUT2D eigenvalue weighted by atomic mass is 9.94. The van der Waals surface area contributed by atoms with Crippen LogP contribution in [0, 0.1) is 21.7 Å². The smallest absolute Gasteiger partial charge is 0.285 e. The van der Waals surface area contributed by atoms with E-state index < -0.39 is 39.3 Å². The molecule has 0 spiro atoms. The van der Waals surface area contributed by atoms with E-state index >= 15 is 0 Å².